The third-order valence-corrected chi connectivity index (χ3v) is 0.434. The first kappa shape index (κ1) is 5.94. The molecule has 1 heterocycles. The average molecular weight is 100 g/mol. The Bertz CT molecular complexity index is 110. The maximum atomic E-state index is 5.05. The van der Waals surface area contributed by atoms with Crippen molar-refractivity contribution >= 4 is 5.95 Å². The number of hydrogen-bond acceptors (Lipinski definition) is 3. The highest BCUT2D eigenvalue weighted by Crippen LogP contribution is 1.76. The van der Waals surface area contributed by atoms with Gasteiger partial charge in [0.1, 0.15) is 6.33 Å². The number of nitrogens with two attached hydrogens (primary N) is 1. The maximum absolute atomic E-state index is 5.05. The second-order valence-corrected chi connectivity index (χ2v) is 0.871. The Kier molecular flexibility index (Phi) is 1.84. The second-order valence-electron chi connectivity index (χ2n) is 0.871. The van der Waals surface area contributed by atoms with Crippen molar-refractivity contribution in [3.8, 4) is 0 Å². The number of H-pyrrole nitrogens is 1. The van der Waals surface area contributed by atoms with Crippen LogP contribution >= 0.6 is 0 Å². The molecule has 0 bridgehead atoms. The van der Waals surface area contributed by atoms with Gasteiger partial charge in [0.15, 0.2) is 0 Å². The Morgan fingerprint density at radius 1 is 1.71 bits per heavy atom. The van der Waals surface area contributed by atoms with Gasteiger partial charge in [0.05, 0.1) is 0 Å². The molecule has 0 spiro atoms. The van der Waals surface area contributed by atoms with Gasteiger partial charge in [-0.15, -0.1) is 0 Å². The molecule has 4 nitrogen and oxygen atoms in total. The van der Waals surface area contributed by atoms with E-state index in [0.717, 1.165) is 0 Å². The molecule has 1 aromatic rings. The Morgan fingerprint density at radius 2 is 2.43 bits per heavy atom. The van der Waals surface area contributed by atoms with Crippen molar-refractivity contribution in [2.24, 2.45) is 0 Å². The summed E-state index contributed by atoms with van der Waals surface area (Å²) in [6.07, 6.45) is 1.36. The van der Waals surface area contributed by atoms with E-state index < -0.39 is 0 Å². The topological polar surface area (TPSA) is 67.6 Å². The van der Waals surface area contributed by atoms with Crippen molar-refractivity contribution in [3.05, 3.63) is 6.33 Å². The van der Waals surface area contributed by atoms with Gasteiger partial charge in [-0.1, -0.05) is 7.43 Å². The number of anilines is 1. The Morgan fingerprint density at radius 3 is 2.57 bits per heavy atom. The van der Waals surface area contributed by atoms with E-state index >= 15 is 0 Å². The largest absolute Gasteiger partial charge is 0.368 e. The highest BCUT2D eigenvalue weighted by atomic mass is 15.2. The van der Waals surface area contributed by atoms with Crippen molar-refractivity contribution in [2.75, 3.05) is 5.73 Å². The lowest BCUT2D eigenvalue weighted by Crippen LogP contribution is -1.84. The van der Waals surface area contributed by atoms with Gasteiger partial charge in [-0.2, -0.15) is 5.10 Å². The van der Waals surface area contributed by atoms with Crippen molar-refractivity contribution in [3.63, 3.8) is 0 Å². The van der Waals surface area contributed by atoms with Crippen LogP contribution in [0.1, 0.15) is 7.43 Å². The predicted octanol–water partition coefficient (Wildman–Crippen LogP) is 0.0230. The lowest BCUT2D eigenvalue weighted by atomic mass is 11.1. The number of rotatable bonds is 0. The van der Waals surface area contributed by atoms with Crippen molar-refractivity contribution < 1.29 is 0 Å². The fourth-order valence-electron chi connectivity index (χ4n) is 0.215. The molecule has 0 aliphatic rings. The van der Waals surface area contributed by atoms with Gasteiger partial charge in [-0.3, -0.25) is 0 Å². The minimum Gasteiger partial charge on any atom is -0.368 e. The molecule has 0 aliphatic heterocycles. The molecule has 7 heavy (non-hydrogen) atoms. The zero-order valence-corrected chi connectivity index (χ0v) is 3.05. The number of nitrogen functional groups attached to an aromatic ring is 1. The highest BCUT2D eigenvalue weighted by Gasteiger charge is 1.75. The minimum absolute atomic E-state index is 0. The summed E-state index contributed by atoms with van der Waals surface area (Å²) in [6.45, 7) is 0. The summed E-state index contributed by atoms with van der Waals surface area (Å²) in [4.78, 5) is 3.53. The fraction of sp³-hybridized carbons (Fsp3) is 0.333. The summed E-state index contributed by atoms with van der Waals surface area (Å²) in [7, 11) is 0. The molecule has 3 N–H and O–H groups in total. The standard InChI is InChI=1S/C2H4N4.CH4/c3-2-4-1-5-6-2;/h1H,(H3,3,4,5,6);1H4. The van der Waals surface area contributed by atoms with Gasteiger partial charge in [0.25, 0.3) is 0 Å². The Balaban J connectivity index is 0.000000360. The summed E-state index contributed by atoms with van der Waals surface area (Å²) in [5.41, 5.74) is 5.05. The van der Waals surface area contributed by atoms with Gasteiger partial charge in [-0.25, -0.2) is 10.1 Å². The third kappa shape index (κ3) is 1.21. The number of nitrogens with zero attached hydrogens (tertiary/aromatic N) is 2. The highest BCUT2D eigenvalue weighted by molar-refractivity contribution is 5.07. The van der Waals surface area contributed by atoms with Crippen molar-refractivity contribution in [1.82, 2.24) is 15.2 Å². The second kappa shape index (κ2) is 2.17. The molecule has 0 unspecified atom stereocenters. The van der Waals surface area contributed by atoms with E-state index in [-0.39, 0.29) is 7.43 Å². The molecule has 1 rings (SSSR count). The maximum Gasteiger partial charge on any atom is 0.215 e. The summed E-state index contributed by atoms with van der Waals surface area (Å²) in [6, 6.07) is 0. The fourth-order valence-corrected chi connectivity index (χ4v) is 0.215. The van der Waals surface area contributed by atoms with Crippen LogP contribution in [0.3, 0.4) is 0 Å². The van der Waals surface area contributed by atoms with Gasteiger partial charge in [0.2, 0.25) is 5.95 Å². The molecule has 0 amide bonds. The van der Waals surface area contributed by atoms with Crippen LogP contribution < -0.4 is 5.73 Å². The first-order valence-electron chi connectivity index (χ1n) is 1.50. The van der Waals surface area contributed by atoms with E-state index in [9.17, 15) is 0 Å². The molecule has 0 saturated carbocycles. The molecule has 0 saturated heterocycles. The zero-order chi connectivity index (χ0) is 4.41. The number of aromatic nitrogens is 3. The monoisotopic (exact) mass is 100 g/mol. The summed E-state index contributed by atoms with van der Waals surface area (Å²) >= 11 is 0. The molecule has 1 aromatic heterocycles. The first-order valence-corrected chi connectivity index (χ1v) is 1.50. The summed E-state index contributed by atoms with van der Waals surface area (Å²) < 4.78 is 0. The van der Waals surface area contributed by atoms with E-state index in [1.54, 1.807) is 0 Å². The number of nitrogens with one attached hydrogen (secondary N) is 1. The molecule has 40 valence electrons. The van der Waals surface area contributed by atoms with Crippen LogP contribution in [-0.4, -0.2) is 15.2 Å². The van der Waals surface area contributed by atoms with Gasteiger partial charge in [0, 0.05) is 0 Å². The smallest absolute Gasteiger partial charge is 0.215 e. The third-order valence-electron chi connectivity index (χ3n) is 0.434. The van der Waals surface area contributed by atoms with Crippen LogP contribution in [0.15, 0.2) is 6.33 Å². The number of hydrogen-bond donors (Lipinski definition) is 2. The summed E-state index contributed by atoms with van der Waals surface area (Å²) in [5.74, 6) is 0.356. The molecule has 0 aliphatic carbocycles. The first-order chi connectivity index (χ1) is 2.89. The van der Waals surface area contributed by atoms with E-state index in [1.807, 2.05) is 0 Å². The Labute approximate surface area is 41.8 Å². The molecule has 0 radical (unpaired) electrons. The molecular weight excluding hydrogens is 92.1 g/mol. The molecule has 0 fully saturated rings. The van der Waals surface area contributed by atoms with Crippen LogP contribution in [0.25, 0.3) is 0 Å². The van der Waals surface area contributed by atoms with E-state index in [2.05, 4.69) is 15.2 Å². The Hall–Kier alpha value is -1.06. The summed E-state index contributed by atoms with van der Waals surface area (Å²) in [5, 5.41) is 5.88. The van der Waals surface area contributed by atoms with Crippen LogP contribution in [0.4, 0.5) is 5.95 Å². The molecular formula is C3H8N4. The normalized spacial score (nSPS) is 7.43. The van der Waals surface area contributed by atoms with Crippen LogP contribution in [-0.2, 0) is 0 Å². The average Bonchev–Trinajstić information content (AvgIpc) is 1.86. The SMILES string of the molecule is C.Nc1ncn[nH]1. The van der Waals surface area contributed by atoms with Crippen molar-refractivity contribution in [1.29, 1.82) is 0 Å². The van der Waals surface area contributed by atoms with Crippen LogP contribution in [0.5, 0.6) is 0 Å². The predicted molar refractivity (Wildman–Crippen MR) is 27.5 cm³/mol. The van der Waals surface area contributed by atoms with Crippen molar-refractivity contribution in [2.45, 2.75) is 7.43 Å². The minimum atomic E-state index is 0. The quantitative estimate of drug-likeness (QED) is 0.483. The van der Waals surface area contributed by atoms with Gasteiger partial charge >= 0.3 is 0 Å². The lowest BCUT2D eigenvalue weighted by Gasteiger charge is -1.68. The van der Waals surface area contributed by atoms with Crippen LogP contribution in [0, 0.1) is 0 Å². The number of aromatic amines is 1. The van der Waals surface area contributed by atoms with Gasteiger partial charge < -0.3 is 5.73 Å². The van der Waals surface area contributed by atoms with Crippen LogP contribution in [0.2, 0.25) is 0 Å². The molecule has 0 atom stereocenters. The zero-order valence-electron chi connectivity index (χ0n) is 3.05. The molecule has 0 aromatic carbocycles. The molecule has 4 heteroatoms. The lowest BCUT2D eigenvalue weighted by molar-refractivity contribution is 1.10. The van der Waals surface area contributed by atoms with E-state index in [1.165, 1.54) is 6.33 Å². The van der Waals surface area contributed by atoms with E-state index in [0.29, 0.717) is 5.95 Å². The van der Waals surface area contributed by atoms with Gasteiger partial charge in [-0.05, 0) is 0 Å². The van der Waals surface area contributed by atoms with E-state index in [4.69, 9.17) is 5.73 Å².